The average Bonchev–Trinajstić information content (AvgIpc) is 1.14. The summed E-state index contributed by atoms with van der Waals surface area (Å²) in [5.74, 6) is -1.31. The van der Waals surface area contributed by atoms with E-state index in [1.54, 1.807) is 0 Å². The highest BCUT2D eigenvalue weighted by atomic mass is 31.2. The van der Waals surface area contributed by atoms with Crippen LogP contribution in [0.25, 0.3) is 0 Å². The van der Waals surface area contributed by atoms with Gasteiger partial charge in [-0.15, -0.1) is 0 Å². The van der Waals surface area contributed by atoms with Crippen molar-refractivity contribution in [2.75, 3.05) is 39.6 Å². The van der Waals surface area contributed by atoms with Crippen LogP contribution in [0.3, 0.4) is 0 Å². The van der Waals surface area contributed by atoms with E-state index in [1.165, 1.54) is 250 Å². The Morgan fingerprint density at radius 2 is 0.465 bits per heavy atom. The van der Waals surface area contributed by atoms with Crippen molar-refractivity contribution in [1.82, 2.24) is 0 Å². The Balaban J connectivity index is 5.20. The minimum absolute atomic E-state index is 0.107. The lowest BCUT2D eigenvalue weighted by Gasteiger charge is -2.21. The maximum atomic E-state index is 13.1. The number of aliphatic hydroxyl groups excluding tert-OH is 1. The minimum atomic E-state index is -4.96. The van der Waals surface area contributed by atoms with E-state index in [4.69, 9.17) is 37.0 Å². The van der Waals surface area contributed by atoms with Crippen molar-refractivity contribution < 1.29 is 80.2 Å². The molecule has 0 saturated heterocycles. The van der Waals surface area contributed by atoms with Crippen LogP contribution in [-0.4, -0.2) is 96.7 Å². The number of phosphoric ester groups is 2. The molecule has 99 heavy (non-hydrogen) atoms. The van der Waals surface area contributed by atoms with Gasteiger partial charge in [0.2, 0.25) is 0 Å². The molecule has 0 fully saturated rings. The zero-order valence-corrected chi connectivity index (χ0v) is 66.4. The predicted octanol–water partition coefficient (Wildman–Crippen LogP) is 24.0. The Hall–Kier alpha value is -1.94. The van der Waals surface area contributed by atoms with E-state index in [2.05, 4.69) is 34.6 Å². The van der Waals surface area contributed by atoms with Crippen LogP contribution in [0.5, 0.6) is 0 Å². The highest BCUT2D eigenvalue weighted by Gasteiger charge is 2.30. The summed E-state index contributed by atoms with van der Waals surface area (Å²) in [7, 11) is -9.91. The molecular formula is C80H156O17P2. The number of ether oxygens (including phenoxy) is 4. The van der Waals surface area contributed by atoms with Crippen molar-refractivity contribution in [2.24, 2.45) is 5.92 Å². The fourth-order valence-electron chi connectivity index (χ4n) is 12.4. The summed E-state index contributed by atoms with van der Waals surface area (Å²) >= 11 is 0. The van der Waals surface area contributed by atoms with Gasteiger partial charge in [-0.3, -0.25) is 37.3 Å². The standard InChI is InChI=1S/C80H156O17P2/c1-6-9-12-15-18-21-24-25-26-27-28-29-30-31-32-37-41-46-51-56-61-66-80(85)97-76(70-91-78(83)64-59-54-49-44-40-36-34-33-35-39-42-47-52-57-62-73(4)5)72-95-99(88,89)93-68-74(81)67-92-98(86,87)94-71-75(69-90-77(82)63-58-53-48-43-23-20-17-14-11-8-3)96-79(84)65-60-55-50-45-38-22-19-16-13-10-7-2/h73-76,81H,6-72H2,1-5H3,(H,86,87)(H,88,89)/t74-,75+,76+/m0/s1. The van der Waals surface area contributed by atoms with Crippen molar-refractivity contribution in [3.63, 3.8) is 0 Å². The van der Waals surface area contributed by atoms with Crippen LogP contribution in [0.1, 0.15) is 426 Å². The van der Waals surface area contributed by atoms with Gasteiger partial charge in [0.25, 0.3) is 0 Å². The van der Waals surface area contributed by atoms with Gasteiger partial charge in [0, 0.05) is 25.7 Å². The smallest absolute Gasteiger partial charge is 0.462 e. The third kappa shape index (κ3) is 74.1. The molecule has 3 N–H and O–H groups in total. The molecule has 0 aliphatic rings. The van der Waals surface area contributed by atoms with Crippen molar-refractivity contribution >= 4 is 39.5 Å². The lowest BCUT2D eigenvalue weighted by molar-refractivity contribution is -0.161. The molecule has 2 unspecified atom stereocenters. The molecule has 0 bridgehead atoms. The summed E-state index contributed by atoms with van der Waals surface area (Å²) in [5, 5.41) is 10.6. The van der Waals surface area contributed by atoms with Gasteiger partial charge < -0.3 is 33.8 Å². The zero-order valence-electron chi connectivity index (χ0n) is 64.6. The van der Waals surface area contributed by atoms with Crippen LogP contribution in [0.2, 0.25) is 0 Å². The molecule has 0 radical (unpaired) electrons. The van der Waals surface area contributed by atoms with Crippen molar-refractivity contribution in [3.05, 3.63) is 0 Å². The van der Waals surface area contributed by atoms with E-state index >= 15 is 0 Å². The molecule has 0 aromatic rings. The number of phosphoric acid groups is 2. The van der Waals surface area contributed by atoms with Gasteiger partial charge in [0.05, 0.1) is 26.4 Å². The number of esters is 4. The molecule has 19 heteroatoms. The first-order valence-corrected chi connectivity index (χ1v) is 44.6. The summed E-state index contributed by atoms with van der Waals surface area (Å²) < 4.78 is 68.6. The molecule has 5 atom stereocenters. The van der Waals surface area contributed by atoms with E-state index in [1.807, 2.05) is 0 Å². The summed E-state index contributed by atoms with van der Waals surface area (Å²) in [5.41, 5.74) is 0. The first kappa shape index (κ1) is 97.1. The molecule has 0 heterocycles. The predicted molar refractivity (Wildman–Crippen MR) is 405 cm³/mol. The van der Waals surface area contributed by atoms with E-state index in [0.29, 0.717) is 25.7 Å². The van der Waals surface area contributed by atoms with Crippen LogP contribution in [-0.2, 0) is 65.4 Å². The number of carbonyl (C=O) groups excluding carboxylic acids is 4. The number of rotatable bonds is 80. The van der Waals surface area contributed by atoms with Crippen LogP contribution in [0.4, 0.5) is 0 Å². The van der Waals surface area contributed by atoms with Crippen molar-refractivity contribution in [3.8, 4) is 0 Å². The largest absolute Gasteiger partial charge is 0.472 e. The molecule has 0 spiro atoms. The van der Waals surface area contributed by atoms with E-state index < -0.39 is 97.5 Å². The number of aliphatic hydroxyl groups is 1. The highest BCUT2D eigenvalue weighted by Crippen LogP contribution is 2.45. The zero-order chi connectivity index (χ0) is 72.7. The molecule has 588 valence electrons. The lowest BCUT2D eigenvalue weighted by atomic mass is 10.0. The van der Waals surface area contributed by atoms with Crippen LogP contribution in [0, 0.1) is 5.92 Å². The number of carbonyl (C=O) groups is 4. The van der Waals surface area contributed by atoms with Gasteiger partial charge >= 0.3 is 39.5 Å². The first-order valence-electron chi connectivity index (χ1n) is 41.6. The van der Waals surface area contributed by atoms with Gasteiger partial charge in [0.1, 0.15) is 19.3 Å². The fourth-order valence-corrected chi connectivity index (χ4v) is 14.0. The number of hydrogen-bond acceptors (Lipinski definition) is 15. The van der Waals surface area contributed by atoms with Crippen LogP contribution >= 0.6 is 15.6 Å². The molecule has 0 saturated carbocycles. The Kier molecular flexibility index (Phi) is 71.6. The Morgan fingerprint density at radius 1 is 0.273 bits per heavy atom. The summed E-state index contributed by atoms with van der Waals surface area (Å²) in [6.07, 6.45) is 63.9. The average molecular weight is 1450 g/mol. The van der Waals surface area contributed by atoms with E-state index in [-0.39, 0.29) is 25.7 Å². The first-order chi connectivity index (χ1) is 48.0. The number of unbranched alkanes of at least 4 members (excludes halogenated alkanes) is 52. The maximum Gasteiger partial charge on any atom is 0.472 e. The molecule has 0 aliphatic carbocycles. The fraction of sp³-hybridized carbons (Fsp3) is 0.950. The van der Waals surface area contributed by atoms with E-state index in [9.17, 15) is 43.2 Å². The lowest BCUT2D eigenvalue weighted by Crippen LogP contribution is -2.30. The van der Waals surface area contributed by atoms with Crippen molar-refractivity contribution in [2.45, 2.75) is 445 Å². The Labute approximate surface area is 607 Å². The van der Waals surface area contributed by atoms with Gasteiger partial charge in [0.15, 0.2) is 12.2 Å². The molecule has 0 aromatic carbocycles. The maximum absolute atomic E-state index is 13.1. The summed E-state index contributed by atoms with van der Waals surface area (Å²) in [6, 6.07) is 0. The second-order valence-corrected chi connectivity index (χ2v) is 32.2. The van der Waals surface area contributed by atoms with E-state index in [0.717, 1.165) is 95.8 Å². The Morgan fingerprint density at radius 3 is 0.687 bits per heavy atom. The second-order valence-electron chi connectivity index (χ2n) is 29.3. The molecule has 0 amide bonds. The van der Waals surface area contributed by atoms with Crippen LogP contribution < -0.4 is 0 Å². The molecule has 0 rings (SSSR count). The monoisotopic (exact) mass is 1450 g/mol. The minimum Gasteiger partial charge on any atom is -0.462 e. The third-order valence-corrected chi connectivity index (χ3v) is 20.7. The quantitative estimate of drug-likeness (QED) is 0.0222. The van der Waals surface area contributed by atoms with Crippen LogP contribution in [0.15, 0.2) is 0 Å². The van der Waals surface area contributed by atoms with Gasteiger partial charge in [-0.2, -0.15) is 0 Å². The van der Waals surface area contributed by atoms with Gasteiger partial charge in [-0.05, 0) is 31.6 Å². The highest BCUT2D eigenvalue weighted by molar-refractivity contribution is 7.47. The SMILES string of the molecule is CCCCCCCCCCCCCCCCCCCCCCCC(=O)O[C@H](COC(=O)CCCCCCCCCCCCCCCCC(C)C)COP(=O)(O)OC[C@@H](O)COP(=O)(O)OC[C@@H](COC(=O)CCCCCCCCCCCC)OC(=O)CCCCCCCCCCCCC. The number of hydrogen-bond donors (Lipinski definition) is 3. The Bertz CT molecular complexity index is 1890. The summed E-state index contributed by atoms with van der Waals surface area (Å²) in [4.78, 5) is 72.9. The molecule has 0 aliphatic heterocycles. The molecular weight excluding hydrogens is 1290 g/mol. The van der Waals surface area contributed by atoms with Gasteiger partial charge in [-0.25, -0.2) is 9.13 Å². The molecule has 0 aromatic heterocycles. The van der Waals surface area contributed by atoms with Crippen molar-refractivity contribution in [1.29, 1.82) is 0 Å². The topological polar surface area (TPSA) is 237 Å². The van der Waals surface area contributed by atoms with Gasteiger partial charge in [-0.1, -0.05) is 375 Å². The normalized spacial score (nSPS) is 13.9. The molecule has 17 nitrogen and oxygen atoms in total. The third-order valence-electron chi connectivity index (χ3n) is 18.8. The summed E-state index contributed by atoms with van der Waals surface area (Å²) in [6.45, 7) is 7.33. The second kappa shape index (κ2) is 73.0.